The molecule has 1 fully saturated rings. The van der Waals surface area contributed by atoms with Crippen LogP contribution in [-0.4, -0.2) is 22.7 Å². The van der Waals surface area contributed by atoms with Gasteiger partial charge in [0, 0.05) is 5.54 Å². The number of nitrogens with one attached hydrogen (secondary N) is 2. The second kappa shape index (κ2) is 4.85. The molecule has 0 heterocycles. The minimum atomic E-state index is -0.828. The van der Waals surface area contributed by atoms with Crippen molar-refractivity contribution < 1.29 is 9.90 Å². The molecule has 0 radical (unpaired) electrons. The molecule has 4 heteroatoms. The zero-order valence-corrected chi connectivity index (χ0v) is 9.94. The number of carbonyl (C=O) groups is 1. The smallest absolute Gasteiger partial charge is 0.322 e. The molecule has 1 aliphatic rings. The third kappa shape index (κ3) is 3.54. The Balaban J connectivity index is 1.90. The Kier molecular flexibility index (Phi) is 3.45. The Hall–Kier alpha value is -1.39. The summed E-state index contributed by atoms with van der Waals surface area (Å²) in [5.74, 6) is -0.828. The molecule has 0 aromatic heterocycles. The van der Waals surface area contributed by atoms with Crippen LogP contribution in [0, 0.1) is 0 Å². The molecule has 92 valence electrons. The molecular formula is C13H18N2O2. The summed E-state index contributed by atoms with van der Waals surface area (Å²) in [6, 6.07) is 9.06. The van der Waals surface area contributed by atoms with Gasteiger partial charge in [-0.25, -0.2) is 5.43 Å². The summed E-state index contributed by atoms with van der Waals surface area (Å²) in [7, 11) is 0. The summed E-state index contributed by atoms with van der Waals surface area (Å²) in [6.45, 7) is 2.08. The largest absolute Gasteiger partial charge is 0.480 e. The highest BCUT2D eigenvalue weighted by molar-refractivity contribution is 5.73. The van der Waals surface area contributed by atoms with Crippen LogP contribution in [0.4, 0.5) is 0 Å². The standard InChI is InChI=1S/C13H18N2O2/c1-13(7-8-13)15-14-11(12(16)17)9-10-5-3-2-4-6-10/h2-6,11,14-15H,7-9H2,1H3,(H,16,17). The van der Waals surface area contributed by atoms with Crippen molar-refractivity contribution in [1.29, 1.82) is 0 Å². The molecule has 1 aromatic rings. The molecule has 1 saturated carbocycles. The normalized spacial score (nSPS) is 18.6. The van der Waals surface area contributed by atoms with E-state index < -0.39 is 12.0 Å². The second-order valence-corrected chi connectivity index (χ2v) is 4.91. The number of aliphatic carboxylic acids is 1. The number of hydrogen-bond acceptors (Lipinski definition) is 3. The fourth-order valence-corrected chi connectivity index (χ4v) is 1.62. The molecule has 17 heavy (non-hydrogen) atoms. The topological polar surface area (TPSA) is 61.4 Å². The van der Waals surface area contributed by atoms with Crippen molar-refractivity contribution in [3.8, 4) is 0 Å². The van der Waals surface area contributed by atoms with Crippen LogP contribution in [-0.2, 0) is 11.2 Å². The van der Waals surface area contributed by atoms with Gasteiger partial charge in [0.15, 0.2) is 0 Å². The Bertz CT molecular complexity index is 388. The van der Waals surface area contributed by atoms with Crippen molar-refractivity contribution in [2.45, 2.75) is 37.8 Å². The first-order valence-corrected chi connectivity index (χ1v) is 5.88. The van der Waals surface area contributed by atoms with E-state index in [9.17, 15) is 4.79 Å². The lowest BCUT2D eigenvalue weighted by Gasteiger charge is -2.19. The Labute approximate surface area is 101 Å². The van der Waals surface area contributed by atoms with Gasteiger partial charge in [-0.3, -0.25) is 10.2 Å². The molecule has 3 N–H and O–H groups in total. The fraction of sp³-hybridized carbons (Fsp3) is 0.462. The monoisotopic (exact) mass is 234 g/mol. The predicted octanol–water partition coefficient (Wildman–Crippen LogP) is 1.33. The van der Waals surface area contributed by atoms with E-state index in [1.807, 2.05) is 30.3 Å². The summed E-state index contributed by atoms with van der Waals surface area (Å²) in [4.78, 5) is 11.1. The lowest BCUT2D eigenvalue weighted by Crippen LogP contribution is -2.51. The lowest BCUT2D eigenvalue weighted by atomic mass is 10.1. The minimum absolute atomic E-state index is 0.0877. The molecule has 4 nitrogen and oxygen atoms in total. The number of rotatable bonds is 6. The Morgan fingerprint density at radius 2 is 2.06 bits per heavy atom. The van der Waals surface area contributed by atoms with E-state index in [1.165, 1.54) is 0 Å². The summed E-state index contributed by atoms with van der Waals surface area (Å²) in [5.41, 5.74) is 7.14. The van der Waals surface area contributed by atoms with Gasteiger partial charge in [-0.05, 0) is 31.7 Å². The van der Waals surface area contributed by atoms with Crippen LogP contribution in [0.2, 0.25) is 0 Å². The molecule has 1 unspecified atom stereocenters. The number of hydrazine groups is 1. The predicted molar refractivity (Wildman–Crippen MR) is 65.5 cm³/mol. The third-order valence-electron chi connectivity index (χ3n) is 3.13. The Morgan fingerprint density at radius 1 is 1.41 bits per heavy atom. The van der Waals surface area contributed by atoms with E-state index in [1.54, 1.807) is 0 Å². The van der Waals surface area contributed by atoms with Crippen molar-refractivity contribution in [3.63, 3.8) is 0 Å². The van der Waals surface area contributed by atoms with E-state index in [2.05, 4.69) is 17.8 Å². The zero-order valence-electron chi connectivity index (χ0n) is 9.94. The van der Waals surface area contributed by atoms with Gasteiger partial charge in [-0.1, -0.05) is 30.3 Å². The summed E-state index contributed by atoms with van der Waals surface area (Å²) in [6.07, 6.45) is 2.68. The minimum Gasteiger partial charge on any atom is -0.480 e. The van der Waals surface area contributed by atoms with Crippen molar-refractivity contribution in [2.75, 3.05) is 0 Å². The van der Waals surface area contributed by atoms with Gasteiger partial charge in [0.25, 0.3) is 0 Å². The third-order valence-corrected chi connectivity index (χ3v) is 3.13. The van der Waals surface area contributed by atoms with E-state index in [0.29, 0.717) is 6.42 Å². The first kappa shape index (κ1) is 12.1. The zero-order chi connectivity index (χ0) is 12.3. The van der Waals surface area contributed by atoms with E-state index in [-0.39, 0.29) is 5.54 Å². The quantitative estimate of drug-likeness (QED) is 0.650. The molecule has 2 rings (SSSR count). The van der Waals surface area contributed by atoms with Crippen molar-refractivity contribution in [1.82, 2.24) is 10.9 Å². The van der Waals surface area contributed by atoms with Gasteiger partial charge in [-0.2, -0.15) is 0 Å². The van der Waals surface area contributed by atoms with Crippen LogP contribution < -0.4 is 10.9 Å². The Morgan fingerprint density at radius 3 is 2.59 bits per heavy atom. The number of benzene rings is 1. The number of carboxylic acid groups (broad SMARTS) is 1. The van der Waals surface area contributed by atoms with E-state index >= 15 is 0 Å². The summed E-state index contributed by atoms with van der Waals surface area (Å²) >= 11 is 0. The van der Waals surface area contributed by atoms with Crippen LogP contribution >= 0.6 is 0 Å². The van der Waals surface area contributed by atoms with Gasteiger partial charge in [0.2, 0.25) is 0 Å². The van der Waals surface area contributed by atoms with E-state index in [4.69, 9.17) is 5.11 Å². The van der Waals surface area contributed by atoms with Crippen LogP contribution in [0.15, 0.2) is 30.3 Å². The van der Waals surface area contributed by atoms with Crippen molar-refractivity contribution in [3.05, 3.63) is 35.9 Å². The first-order valence-electron chi connectivity index (χ1n) is 5.88. The molecule has 0 spiro atoms. The lowest BCUT2D eigenvalue weighted by molar-refractivity contribution is -0.139. The molecule has 0 aliphatic heterocycles. The van der Waals surface area contributed by atoms with Gasteiger partial charge < -0.3 is 5.11 Å². The highest BCUT2D eigenvalue weighted by Gasteiger charge is 2.37. The molecule has 1 aliphatic carbocycles. The van der Waals surface area contributed by atoms with E-state index in [0.717, 1.165) is 18.4 Å². The maximum Gasteiger partial charge on any atom is 0.322 e. The summed E-state index contributed by atoms with van der Waals surface area (Å²) < 4.78 is 0. The number of carboxylic acids is 1. The maximum atomic E-state index is 11.1. The maximum absolute atomic E-state index is 11.1. The molecular weight excluding hydrogens is 216 g/mol. The molecule has 1 atom stereocenters. The molecule has 1 aromatic carbocycles. The van der Waals surface area contributed by atoms with Crippen LogP contribution in [0.5, 0.6) is 0 Å². The molecule has 0 amide bonds. The first-order chi connectivity index (χ1) is 8.09. The van der Waals surface area contributed by atoms with Crippen molar-refractivity contribution in [2.24, 2.45) is 0 Å². The summed E-state index contributed by atoms with van der Waals surface area (Å²) in [5, 5.41) is 9.15. The number of hydrogen-bond donors (Lipinski definition) is 3. The molecule has 0 saturated heterocycles. The van der Waals surface area contributed by atoms with Gasteiger partial charge in [0.05, 0.1) is 0 Å². The average Bonchev–Trinajstić information content (AvgIpc) is 3.04. The van der Waals surface area contributed by atoms with Gasteiger partial charge in [0.1, 0.15) is 6.04 Å². The highest BCUT2D eigenvalue weighted by Crippen LogP contribution is 2.33. The van der Waals surface area contributed by atoms with Crippen molar-refractivity contribution >= 4 is 5.97 Å². The van der Waals surface area contributed by atoms with Gasteiger partial charge >= 0.3 is 5.97 Å². The second-order valence-electron chi connectivity index (χ2n) is 4.91. The SMILES string of the molecule is CC1(NNC(Cc2ccccc2)C(=O)O)CC1. The average molecular weight is 234 g/mol. The fourth-order valence-electron chi connectivity index (χ4n) is 1.62. The highest BCUT2D eigenvalue weighted by atomic mass is 16.4. The van der Waals surface area contributed by atoms with Crippen LogP contribution in [0.25, 0.3) is 0 Å². The molecule has 0 bridgehead atoms. The van der Waals surface area contributed by atoms with Gasteiger partial charge in [-0.15, -0.1) is 0 Å². The van der Waals surface area contributed by atoms with Crippen LogP contribution in [0.3, 0.4) is 0 Å². The van der Waals surface area contributed by atoms with Crippen LogP contribution in [0.1, 0.15) is 25.3 Å².